The minimum absolute atomic E-state index is 0.156. The molecule has 19 heavy (non-hydrogen) atoms. The molecule has 0 saturated heterocycles. The number of aromatic hydroxyl groups is 1. The zero-order valence-corrected chi connectivity index (χ0v) is 13.5. The Morgan fingerprint density at radius 2 is 1.79 bits per heavy atom. The van der Waals surface area contributed by atoms with Crippen molar-refractivity contribution in [1.82, 2.24) is 0 Å². The van der Waals surface area contributed by atoms with Crippen molar-refractivity contribution in [2.45, 2.75) is 6.54 Å². The quantitative estimate of drug-likeness (QED) is 0.719. The van der Waals surface area contributed by atoms with Crippen molar-refractivity contribution in [2.24, 2.45) is 0 Å². The largest absolute Gasteiger partial charge is 0.506 e. The van der Waals surface area contributed by atoms with Gasteiger partial charge < -0.3 is 10.4 Å². The number of phenolic OH excluding ortho intramolecular Hbond substituents is 1. The molecule has 0 radical (unpaired) electrons. The third-order valence-electron chi connectivity index (χ3n) is 2.49. The van der Waals surface area contributed by atoms with Crippen LogP contribution in [-0.2, 0) is 6.54 Å². The fraction of sp³-hybridized carbons (Fsp3) is 0.0769. The molecule has 2 aromatic carbocycles. The summed E-state index contributed by atoms with van der Waals surface area (Å²) in [5.41, 5.74) is 1.60. The van der Waals surface area contributed by atoms with E-state index in [0.717, 1.165) is 5.56 Å². The highest BCUT2D eigenvalue weighted by Gasteiger charge is 2.07. The first-order valence-electron chi connectivity index (χ1n) is 5.33. The molecular weight excluding hydrogens is 400 g/mol. The summed E-state index contributed by atoms with van der Waals surface area (Å²) < 4.78 is 14.1. The Bertz CT molecular complexity index is 599. The molecule has 0 atom stereocenters. The zero-order valence-electron chi connectivity index (χ0n) is 9.55. The van der Waals surface area contributed by atoms with Crippen LogP contribution < -0.4 is 5.32 Å². The lowest BCUT2D eigenvalue weighted by Gasteiger charge is -2.10. The van der Waals surface area contributed by atoms with Gasteiger partial charge in [-0.15, -0.1) is 0 Å². The molecule has 2 nitrogen and oxygen atoms in total. The lowest BCUT2D eigenvalue weighted by atomic mass is 10.2. The molecule has 0 aliphatic heterocycles. The summed E-state index contributed by atoms with van der Waals surface area (Å²) in [7, 11) is 0. The van der Waals surface area contributed by atoms with Crippen LogP contribution in [0.2, 0.25) is 5.02 Å². The molecule has 0 spiro atoms. The van der Waals surface area contributed by atoms with Crippen LogP contribution in [0, 0.1) is 5.82 Å². The molecule has 0 amide bonds. The lowest BCUT2D eigenvalue weighted by Crippen LogP contribution is -2.00. The van der Waals surface area contributed by atoms with Crippen LogP contribution in [0.5, 0.6) is 5.75 Å². The highest BCUT2D eigenvalue weighted by Crippen LogP contribution is 2.33. The van der Waals surface area contributed by atoms with Gasteiger partial charge in [-0.05, 0) is 67.8 Å². The highest BCUT2D eigenvalue weighted by atomic mass is 79.9. The van der Waals surface area contributed by atoms with Gasteiger partial charge in [0.05, 0.1) is 19.7 Å². The first-order valence-corrected chi connectivity index (χ1v) is 7.29. The minimum atomic E-state index is -0.370. The molecule has 0 saturated carbocycles. The SMILES string of the molecule is Oc1c(Br)cc(CNc2ccc(F)cc2Cl)cc1Br. The van der Waals surface area contributed by atoms with Gasteiger partial charge in [-0.1, -0.05) is 11.6 Å². The summed E-state index contributed by atoms with van der Waals surface area (Å²) in [6.45, 7) is 0.503. The Balaban J connectivity index is 2.14. The fourth-order valence-corrected chi connectivity index (χ4v) is 3.07. The molecule has 2 aromatic rings. The summed E-state index contributed by atoms with van der Waals surface area (Å²) in [5, 5.41) is 13.1. The Morgan fingerprint density at radius 1 is 1.16 bits per heavy atom. The molecular formula is C13H9Br2ClFNO. The van der Waals surface area contributed by atoms with Gasteiger partial charge in [-0.2, -0.15) is 0 Å². The molecule has 2 N–H and O–H groups in total. The van der Waals surface area contributed by atoms with Gasteiger partial charge in [0.15, 0.2) is 0 Å². The number of phenols is 1. The number of hydrogen-bond acceptors (Lipinski definition) is 2. The van der Waals surface area contributed by atoms with Gasteiger partial charge in [-0.3, -0.25) is 0 Å². The van der Waals surface area contributed by atoms with Crippen molar-refractivity contribution < 1.29 is 9.50 Å². The molecule has 6 heteroatoms. The summed E-state index contributed by atoms with van der Waals surface area (Å²) in [5.74, 6) is -0.214. The number of anilines is 1. The predicted molar refractivity (Wildman–Crippen MR) is 82.2 cm³/mol. The van der Waals surface area contributed by atoms with Gasteiger partial charge >= 0.3 is 0 Å². The minimum Gasteiger partial charge on any atom is -0.506 e. The maximum absolute atomic E-state index is 12.9. The molecule has 0 heterocycles. The van der Waals surface area contributed by atoms with Gasteiger partial charge in [-0.25, -0.2) is 4.39 Å². The molecule has 0 aromatic heterocycles. The smallest absolute Gasteiger partial charge is 0.143 e. The van der Waals surface area contributed by atoms with Crippen LogP contribution in [0.3, 0.4) is 0 Å². The van der Waals surface area contributed by atoms with Crippen molar-refractivity contribution >= 4 is 49.1 Å². The van der Waals surface area contributed by atoms with E-state index < -0.39 is 0 Å². The average Bonchev–Trinajstić information content (AvgIpc) is 2.34. The van der Waals surface area contributed by atoms with E-state index >= 15 is 0 Å². The van der Waals surface area contributed by atoms with Crippen LogP contribution in [0.1, 0.15) is 5.56 Å². The normalized spacial score (nSPS) is 10.5. The standard InChI is InChI=1S/C13H9Br2ClFNO/c14-9-3-7(4-10(15)13(9)19)6-18-12-2-1-8(17)5-11(12)16/h1-5,18-19H,6H2. The van der Waals surface area contributed by atoms with Gasteiger partial charge in [0, 0.05) is 6.54 Å². The highest BCUT2D eigenvalue weighted by molar-refractivity contribution is 9.11. The summed E-state index contributed by atoms with van der Waals surface area (Å²) in [6.07, 6.45) is 0. The fourth-order valence-electron chi connectivity index (χ4n) is 1.55. The Kier molecular flexibility index (Phi) is 4.71. The molecule has 0 fully saturated rings. The van der Waals surface area contributed by atoms with Crippen molar-refractivity contribution in [3.8, 4) is 5.75 Å². The molecule has 0 bridgehead atoms. The van der Waals surface area contributed by atoms with E-state index in [1.54, 1.807) is 18.2 Å². The van der Waals surface area contributed by atoms with Crippen LogP contribution in [0.25, 0.3) is 0 Å². The zero-order chi connectivity index (χ0) is 14.0. The third kappa shape index (κ3) is 3.61. The van der Waals surface area contributed by atoms with Crippen molar-refractivity contribution in [3.05, 3.63) is 55.7 Å². The molecule has 2 rings (SSSR count). The second-order valence-corrected chi connectivity index (χ2v) is 6.00. The van der Waals surface area contributed by atoms with E-state index in [-0.39, 0.29) is 11.6 Å². The predicted octanol–water partition coefficient (Wildman–Crippen LogP) is 5.32. The monoisotopic (exact) mass is 407 g/mol. The topological polar surface area (TPSA) is 32.3 Å². The second-order valence-electron chi connectivity index (χ2n) is 3.89. The second kappa shape index (κ2) is 6.11. The maximum Gasteiger partial charge on any atom is 0.143 e. The Hall–Kier alpha value is -0.780. The lowest BCUT2D eigenvalue weighted by molar-refractivity contribution is 0.468. The first-order chi connectivity index (χ1) is 8.97. The number of hydrogen-bond donors (Lipinski definition) is 2. The average molecular weight is 409 g/mol. The van der Waals surface area contributed by atoms with Crippen LogP contribution >= 0.6 is 43.5 Å². The van der Waals surface area contributed by atoms with Gasteiger partial charge in [0.1, 0.15) is 11.6 Å². The van der Waals surface area contributed by atoms with E-state index in [1.807, 2.05) is 0 Å². The van der Waals surface area contributed by atoms with E-state index in [0.29, 0.717) is 26.2 Å². The molecule has 100 valence electrons. The van der Waals surface area contributed by atoms with Crippen molar-refractivity contribution in [1.29, 1.82) is 0 Å². The van der Waals surface area contributed by atoms with Crippen LogP contribution in [0.4, 0.5) is 10.1 Å². The molecule has 0 unspecified atom stereocenters. The van der Waals surface area contributed by atoms with E-state index in [1.165, 1.54) is 12.1 Å². The van der Waals surface area contributed by atoms with Crippen molar-refractivity contribution in [2.75, 3.05) is 5.32 Å². The summed E-state index contributed by atoms with van der Waals surface area (Å²) in [6, 6.07) is 7.78. The molecule has 0 aliphatic rings. The summed E-state index contributed by atoms with van der Waals surface area (Å²) >= 11 is 12.4. The van der Waals surface area contributed by atoms with Gasteiger partial charge in [0.2, 0.25) is 0 Å². The molecule has 0 aliphatic carbocycles. The van der Waals surface area contributed by atoms with Crippen LogP contribution in [-0.4, -0.2) is 5.11 Å². The van der Waals surface area contributed by atoms with Crippen molar-refractivity contribution in [3.63, 3.8) is 0 Å². The van der Waals surface area contributed by atoms with Crippen LogP contribution in [0.15, 0.2) is 39.3 Å². The van der Waals surface area contributed by atoms with Gasteiger partial charge in [0.25, 0.3) is 0 Å². The Labute approximate surface area is 131 Å². The Morgan fingerprint density at radius 3 is 2.37 bits per heavy atom. The van der Waals surface area contributed by atoms with E-state index in [4.69, 9.17) is 11.6 Å². The number of rotatable bonds is 3. The number of nitrogens with one attached hydrogen (secondary N) is 1. The van der Waals surface area contributed by atoms with E-state index in [2.05, 4.69) is 37.2 Å². The summed E-state index contributed by atoms with van der Waals surface area (Å²) in [4.78, 5) is 0. The number of halogens is 4. The number of benzene rings is 2. The third-order valence-corrected chi connectivity index (χ3v) is 4.01. The van der Waals surface area contributed by atoms with E-state index in [9.17, 15) is 9.50 Å². The maximum atomic E-state index is 12.9. The first kappa shape index (κ1) is 14.6.